The Morgan fingerprint density at radius 1 is 1.50 bits per heavy atom. The van der Waals surface area contributed by atoms with E-state index in [-0.39, 0.29) is 12.0 Å². The van der Waals surface area contributed by atoms with Gasteiger partial charge in [0.05, 0.1) is 5.25 Å². The van der Waals surface area contributed by atoms with Crippen molar-refractivity contribution >= 4 is 10.1 Å². The van der Waals surface area contributed by atoms with Crippen molar-refractivity contribution in [1.29, 1.82) is 0 Å². The molecule has 5 heteroatoms. The second-order valence-electron chi connectivity index (χ2n) is 4.15. The molecular formula is C9H19NO3S. The molecule has 3 unspecified atom stereocenters. The molecule has 0 aliphatic heterocycles. The first-order valence-corrected chi connectivity index (χ1v) is 6.67. The van der Waals surface area contributed by atoms with Gasteiger partial charge in [-0.05, 0) is 31.6 Å². The van der Waals surface area contributed by atoms with Crippen LogP contribution in [0.2, 0.25) is 0 Å². The highest BCUT2D eigenvalue weighted by Gasteiger charge is 2.33. The van der Waals surface area contributed by atoms with Crippen molar-refractivity contribution in [3.8, 4) is 0 Å². The maximum absolute atomic E-state index is 11.1. The van der Waals surface area contributed by atoms with Gasteiger partial charge in [-0.15, -0.1) is 0 Å². The first-order chi connectivity index (χ1) is 6.45. The van der Waals surface area contributed by atoms with Crippen LogP contribution in [0.4, 0.5) is 0 Å². The molecule has 0 bridgehead atoms. The van der Waals surface area contributed by atoms with E-state index >= 15 is 0 Å². The van der Waals surface area contributed by atoms with Crippen LogP contribution in [0.3, 0.4) is 0 Å². The van der Waals surface area contributed by atoms with Gasteiger partial charge in [0, 0.05) is 6.04 Å². The third-order valence-electron chi connectivity index (χ3n) is 3.07. The number of nitrogens with two attached hydrogens (primary N) is 1. The Hall–Kier alpha value is -0.130. The standard InChI is InChI=1S/C9H19NO3S/c1-2-9(14(11,12)13)7-4-3-5-8(10)6-7/h7-9H,2-6,10H2,1H3,(H,11,12,13). The fraction of sp³-hybridized carbons (Fsp3) is 1.00. The quantitative estimate of drug-likeness (QED) is 0.701. The molecule has 1 saturated carbocycles. The summed E-state index contributed by atoms with van der Waals surface area (Å²) >= 11 is 0. The molecule has 0 amide bonds. The van der Waals surface area contributed by atoms with Crippen LogP contribution in [-0.2, 0) is 10.1 Å². The van der Waals surface area contributed by atoms with Crippen molar-refractivity contribution in [2.24, 2.45) is 11.7 Å². The first kappa shape index (κ1) is 11.9. The largest absolute Gasteiger partial charge is 0.328 e. The van der Waals surface area contributed by atoms with Gasteiger partial charge >= 0.3 is 0 Å². The Morgan fingerprint density at radius 3 is 2.57 bits per heavy atom. The van der Waals surface area contributed by atoms with E-state index in [1.807, 2.05) is 0 Å². The monoisotopic (exact) mass is 221 g/mol. The lowest BCUT2D eigenvalue weighted by Gasteiger charge is -2.30. The van der Waals surface area contributed by atoms with E-state index in [1.54, 1.807) is 6.92 Å². The average molecular weight is 221 g/mol. The van der Waals surface area contributed by atoms with E-state index in [0.717, 1.165) is 25.7 Å². The molecule has 0 radical (unpaired) electrons. The molecular weight excluding hydrogens is 202 g/mol. The predicted molar refractivity (Wildman–Crippen MR) is 55.6 cm³/mol. The van der Waals surface area contributed by atoms with E-state index in [1.165, 1.54) is 0 Å². The molecule has 0 aromatic rings. The fourth-order valence-corrected chi connectivity index (χ4v) is 3.55. The first-order valence-electron chi connectivity index (χ1n) is 5.17. The molecule has 1 fully saturated rings. The zero-order valence-corrected chi connectivity index (χ0v) is 9.33. The lowest BCUT2D eigenvalue weighted by atomic mass is 9.83. The predicted octanol–water partition coefficient (Wildman–Crippen LogP) is 1.17. The fourth-order valence-electron chi connectivity index (χ4n) is 2.39. The summed E-state index contributed by atoms with van der Waals surface area (Å²) < 4.78 is 31.2. The van der Waals surface area contributed by atoms with E-state index in [4.69, 9.17) is 10.3 Å². The third-order valence-corrected chi connectivity index (χ3v) is 4.55. The molecule has 0 aromatic heterocycles. The summed E-state index contributed by atoms with van der Waals surface area (Å²) in [7, 11) is -3.89. The summed E-state index contributed by atoms with van der Waals surface area (Å²) in [6.07, 6.45) is 4.00. The van der Waals surface area contributed by atoms with Gasteiger partial charge in [-0.2, -0.15) is 8.42 Å². The normalized spacial score (nSPS) is 31.4. The molecule has 14 heavy (non-hydrogen) atoms. The van der Waals surface area contributed by atoms with Gasteiger partial charge < -0.3 is 5.73 Å². The topological polar surface area (TPSA) is 80.4 Å². The Balaban J connectivity index is 2.70. The van der Waals surface area contributed by atoms with Crippen LogP contribution < -0.4 is 5.73 Å². The summed E-state index contributed by atoms with van der Waals surface area (Å²) in [4.78, 5) is 0. The summed E-state index contributed by atoms with van der Waals surface area (Å²) in [6.45, 7) is 1.79. The molecule has 0 saturated heterocycles. The molecule has 1 aliphatic carbocycles. The summed E-state index contributed by atoms with van der Waals surface area (Å²) in [5, 5.41) is -0.617. The van der Waals surface area contributed by atoms with Crippen molar-refractivity contribution < 1.29 is 13.0 Å². The van der Waals surface area contributed by atoms with Crippen molar-refractivity contribution in [3.63, 3.8) is 0 Å². The van der Waals surface area contributed by atoms with Crippen molar-refractivity contribution in [2.75, 3.05) is 0 Å². The Morgan fingerprint density at radius 2 is 2.14 bits per heavy atom. The minimum atomic E-state index is -3.89. The van der Waals surface area contributed by atoms with Gasteiger partial charge in [0.25, 0.3) is 10.1 Å². The van der Waals surface area contributed by atoms with Gasteiger partial charge in [0.2, 0.25) is 0 Å². The molecule has 1 rings (SSSR count). The minimum Gasteiger partial charge on any atom is -0.328 e. The van der Waals surface area contributed by atoms with Crippen LogP contribution in [-0.4, -0.2) is 24.3 Å². The molecule has 0 aromatic carbocycles. The van der Waals surface area contributed by atoms with E-state index in [2.05, 4.69) is 0 Å². The Bertz CT molecular complexity index is 276. The van der Waals surface area contributed by atoms with Gasteiger partial charge in [0.15, 0.2) is 0 Å². The highest BCUT2D eigenvalue weighted by molar-refractivity contribution is 7.86. The van der Waals surface area contributed by atoms with Crippen LogP contribution in [0.1, 0.15) is 39.0 Å². The highest BCUT2D eigenvalue weighted by Crippen LogP contribution is 2.30. The van der Waals surface area contributed by atoms with Crippen molar-refractivity contribution in [3.05, 3.63) is 0 Å². The smallest absolute Gasteiger partial charge is 0.268 e. The zero-order chi connectivity index (χ0) is 10.8. The Labute approximate surface area is 85.6 Å². The van der Waals surface area contributed by atoms with Crippen molar-refractivity contribution in [2.45, 2.75) is 50.3 Å². The minimum absolute atomic E-state index is 0.0405. The summed E-state index contributed by atoms with van der Waals surface area (Å²) in [6, 6.07) is 0.101. The molecule has 3 atom stereocenters. The second-order valence-corrected chi connectivity index (χ2v) is 5.78. The van der Waals surface area contributed by atoms with E-state index in [9.17, 15) is 8.42 Å². The molecule has 3 N–H and O–H groups in total. The SMILES string of the molecule is CCC(C1CCCC(N)C1)S(=O)(=O)O. The van der Waals surface area contributed by atoms with Gasteiger partial charge in [0.1, 0.15) is 0 Å². The zero-order valence-electron chi connectivity index (χ0n) is 8.52. The van der Waals surface area contributed by atoms with Crippen LogP contribution in [0.5, 0.6) is 0 Å². The molecule has 84 valence electrons. The second kappa shape index (κ2) is 4.59. The van der Waals surface area contributed by atoms with Crippen LogP contribution in [0.15, 0.2) is 0 Å². The van der Waals surface area contributed by atoms with Crippen LogP contribution >= 0.6 is 0 Å². The highest BCUT2D eigenvalue weighted by atomic mass is 32.2. The summed E-state index contributed by atoms with van der Waals surface area (Å²) in [5.41, 5.74) is 5.78. The van der Waals surface area contributed by atoms with Crippen molar-refractivity contribution in [1.82, 2.24) is 0 Å². The summed E-state index contributed by atoms with van der Waals surface area (Å²) in [5.74, 6) is 0.0405. The van der Waals surface area contributed by atoms with E-state index in [0.29, 0.717) is 6.42 Å². The van der Waals surface area contributed by atoms with Gasteiger partial charge in [-0.25, -0.2) is 0 Å². The average Bonchev–Trinajstić information content (AvgIpc) is 2.02. The maximum atomic E-state index is 11.1. The number of rotatable bonds is 3. The number of hydrogen-bond acceptors (Lipinski definition) is 3. The molecule has 0 heterocycles. The Kier molecular flexibility index (Phi) is 3.92. The lowest BCUT2D eigenvalue weighted by Crippen LogP contribution is -2.37. The lowest BCUT2D eigenvalue weighted by molar-refractivity contribution is 0.296. The van der Waals surface area contributed by atoms with E-state index < -0.39 is 15.4 Å². The van der Waals surface area contributed by atoms with Crippen LogP contribution in [0, 0.1) is 5.92 Å². The van der Waals surface area contributed by atoms with Gasteiger partial charge in [-0.1, -0.05) is 13.3 Å². The molecule has 4 nitrogen and oxygen atoms in total. The third kappa shape index (κ3) is 2.93. The number of hydrogen-bond donors (Lipinski definition) is 2. The molecule has 0 spiro atoms. The molecule has 1 aliphatic rings. The maximum Gasteiger partial charge on any atom is 0.268 e. The van der Waals surface area contributed by atoms with Crippen LogP contribution in [0.25, 0.3) is 0 Å². The van der Waals surface area contributed by atoms with Gasteiger partial charge in [-0.3, -0.25) is 4.55 Å².